The Balaban J connectivity index is 0.000000882. The molecule has 4 rings (SSSR count). The summed E-state index contributed by atoms with van der Waals surface area (Å²) >= 11 is 0. The van der Waals surface area contributed by atoms with Crippen molar-refractivity contribution in [3.8, 4) is 0 Å². The third-order valence-electron chi connectivity index (χ3n) is 4.86. The standard InChI is InChI=1S/C16H21N3O.2ClH/c17-14-6-16(20)19(10-14)15-3-1-11(2-4-15)7-18-8-12-5-13(12)9-18;;/h1-4,12-14H,5-10,17H2;2*1H. The highest BCUT2D eigenvalue weighted by atomic mass is 35.5. The molecule has 2 heterocycles. The van der Waals surface area contributed by atoms with Crippen molar-refractivity contribution >= 4 is 36.4 Å². The summed E-state index contributed by atoms with van der Waals surface area (Å²) < 4.78 is 0. The molecule has 122 valence electrons. The molecule has 3 atom stereocenters. The second-order valence-electron chi connectivity index (χ2n) is 6.58. The highest BCUT2D eigenvalue weighted by molar-refractivity contribution is 5.96. The number of rotatable bonds is 3. The van der Waals surface area contributed by atoms with Gasteiger partial charge in [-0.2, -0.15) is 0 Å². The number of hydrogen-bond acceptors (Lipinski definition) is 3. The van der Waals surface area contributed by atoms with Crippen molar-refractivity contribution in [2.45, 2.75) is 25.4 Å². The predicted molar refractivity (Wildman–Crippen MR) is 92.8 cm³/mol. The minimum Gasteiger partial charge on any atom is -0.326 e. The van der Waals surface area contributed by atoms with Gasteiger partial charge in [-0.3, -0.25) is 9.69 Å². The topological polar surface area (TPSA) is 49.6 Å². The Labute approximate surface area is 143 Å². The first-order chi connectivity index (χ1) is 9.69. The van der Waals surface area contributed by atoms with Crippen LogP contribution in [0.5, 0.6) is 0 Å². The van der Waals surface area contributed by atoms with E-state index in [-0.39, 0.29) is 36.8 Å². The van der Waals surface area contributed by atoms with Gasteiger partial charge in [-0.05, 0) is 36.0 Å². The van der Waals surface area contributed by atoms with E-state index < -0.39 is 0 Å². The van der Waals surface area contributed by atoms with Crippen LogP contribution in [-0.2, 0) is 11.3 Å². The van der Waals surface area contributed by atoms with Gasteiger partial charge in [0.1, 0.15) is 0 Å². The van der Waals surface area contributed by atoms with Crippen molar-refractivity contribution in [1.82, 2.24) is 4.90 Å². The fourth-order valence-electron chi connectivity index (χ4n) is 3.65. The summed E-state index contributed by atoms with van der Waals surface area (Å²) in [5.41, 5.74) is 8.16. The molecule has 1 saturated carbocycles. The van der Waals surface area contributed by atoms with Crippen LogP contribution in [0, 0.1) is 11.8 Å². The van der Waals surface area contributed by atoms with Gasteiger partial charge >= 0.3 is 0 Å². The third kappa shape index (κ3) is 3.40. The fraction of sp³-hybridized carbons (Fsp3) is 0.562. The molecule has 3 unspecified atom stereocenters. The van der Waals surface area contributed by atoms with Gasteiger partial charge in [-0.25, -0.2) is 0 Å². The minimum absolute atomic E-state index is 0. The Kier molecular flexibility index (Phi) is 5.38. The largest absolute Gasteiger partial charge is 0.326 e. The summed E-state index contributed by atoms with van der Waals surface area (Å²) in [7, 11) is 0. The zero-order valence-electron chi connectivity index (χ0n) is 12.5. The van der Waals surface area contributed by atoms with Crippen molar-refractivity contribution in [2.24, 2.45) is 17.6 Å². The van der Waals surface area contributed by atoms with Crippen LogP contribution in [0.4, 0.5) is 5.69 Å². The van der Waals surface area contributed by atoms with E-state index >= 15 is 0 Å². The average molecular weight is 344 g/mol. The van der Waals surface area contributed by atoms with Crippen LogP contribution < -0.4 is 10.6 Å². The first-order valence-electron chi connectivity index (χ1n) is 7.56. The molecule has 3 aliphatic rings. The first kappa shape index (κ1) is 17.5. The summed E-state index contributed by atoms with van der Waals surface area (Å²) in [6.45, 7) is 4.23. The minimum atomic E-state index is -0.0153. The third-order valence-corrected chi connectivity index (χ3v) is 4.86. The van der Waals surface area contributed by atoms with E-state index in [4.69, 9.17) is 5.73 Å². The summed E-state index contributed by atoms with van der Waals surface area (Å²) in [6.07, 6.45) is 1.92. The molecule has 0 bridgehead atoms. The lowest BCUT2D eigenvalue weighted by Gasteiger charge is -2.19. The van der Waals surface area contributed by atoms with Gasteiger partial charge in [0.25, 0.3) is 0 Å². The molecule has 6 heteroatoms. The van der Waals surface area contributed by atoms with E-state index in [1.54, 1.807) is 4.90 Å². The zero-order valence-corrected chi connectivity index (χ0v) is 14.1. The Morgan fingerprint density at radius 1 is 1.05 bits per heavy atom. The summed E-state index contributed by atoms with van der Waals surface area (Å²) in [5.74, 6) is 2.11. The van der Waals surface area contributed by atoms with E-state index in [1.165, 1.54) is 25.1 Å². The van der Waals surface area contributed by atoms with Crippen LogP contribution in [0.3, 0.4) is 0 Å². The van der Waals surface area contributed by atoms with Gasteiger partial charge in [0.15, 0.2) is 0 Å². The molecular formula is C16H23Cl2N3O. The maximum atomic E-state index is 11.8. The second kappa shape index (κ2) is 6.75. The zero-order chi connectivity index (χ0) is 13.7. The summed E-state index contributed by atoms with van der Waals surface area (Å²) in [6, 6.07) is 8.40. The smallest absolute Gasteiger partial charge is 0.228 e. The molecule has 1 amide bonds. The van der Waals surface area contributed by atoms with Gasteiger partial charge in [0.2, 0.25) is 5.91 Å². The molecule has 0 radical (unpaired) electrons. The molecule has 2 N–H and O–H groups in total. The number of hydrogen-bond donors (Lipinski definition) is 1. The normalized spacial score (nSPS) is 29.8. The number of likely N-dealkylation sites (tertiary alicyclic amines) is 1. The number of nitrogens with two attached hydrogens (primary N) is 1. The molecule has 3 fully saturated rings. The van der Waals surface area contributed by atoms with Crippen LogP contribution in [0.1, 0.15) is 18.4 Å². The van der Waals surface area contributed by atoms with Gasteiger partial charge in [0, 0.05) is 44.3 Å². The number of benzene rings is 1. The van der Waals surface area contributed by atoms with Crippen LogP contribution in [0.25, 0.3) is 0 Å². The van der Waals surface area contributed by atoms with Gasteiger partial charge < -0.3 is 10.6 Å². The SMILES string of the molecule is Cl.Cl.NC1CC(=O)N(c2ccc(CN3CC4CC4C3)cc2)C1. The maximum absolute atomic E-state index is 11.8. The first-order valence-corrected chi connectivity index (χ1v) is 7.56. The Bertz CT molecular complexity index is 527. The van der Waals surface area contributed by atoms with E-state index in [1.807, 2.05) is 0 Å². The van der Waals surface area contributed by atoms with Crippen LogP contribution in [0.15, 0.2) is 24.3 Å². The molecule has 2 saturated heterocycles. The molecule has 4 nitrogen and oxygen atoms in total. The molecule has 22 heavy (non-hydrogen) atoms. The number of anilines is 1. The Hall–Kier alpha value is -0.810. The molecule has 1 aliphatic carbocycles. The molecule has 1 aromatic carbocycles. The number of carbonyl (C=O) groups excluding carboxylic acids is 1. The fourth-order valence-corrected chi connectivity index (χ4v) is 3.65. The molecule has 0 spiro atoms. The average Bonchev–Trinajstić information content (AvgIpc) is 2.88. The molecular weight excluding hydrogens is 321 g/mol. The van der Waals surface area contributed by atoms with Crippen LogP contribution >= 0.6 is 24.8 Å². The highest BCUT2D eigenvalue weighted by Gasteiger charge is 2.44. The molecule has 2 aliphatic heterocycles. The van der Waals surface area contributed by atoms with Crippen molar-refractivity contribution in [3.05, 3.63) is 29.8 Å². The van der Waals surface area contributed by atoms with E-state index in [0.29, 0.717) is 13.0 Å². The summed E-state index contributed by atoms with van der Waals surface area (Å²) in [5, 5.41) is 0. The lowest BCUT2D eigenvalue weighted by atomic mass is 10.2. The second-order valence-corrected chi connectivity index (χ2v) is 6.58. The maximum Gasteiger partial charge on any atom is 0.228 e. The van der Waals surface area contributed by atoms with Gasteiger partial charge in [-0.15, -0.1) is 24.8 Å². The summed E-state index contributed by atoms with van der Waals surface area (Å²) in [4.78, 5) is 16.2. The van der Waals surface area contributed by atoms with Gasteiger partial charge in [0.05, 0.1) is 0 Å². The lowest BCUT2D eigenvalue weighted by molar-refractivity contribution is -0.117. The number of carbonyl (C=O) groups is 1. The lowest BCUT2D eigenvalue weighted by Crippen LogP contribution is -2.28. The van der Waals surface area contributed by atoms with Crippen molar-refractivity contribution < 1.29 is 4.79 Å². The van der Waals surface area contributed by atoms with Crippen LogP contribution in [-0.4, -0.2) is 36.5 Å². The van der Waals surface area contributed by atoms with E-state index in [9.17, 15) is 4.79 Å². The molecule has 0 aromatic heterocycles. The number of piperidine rings is 1. The number of amides is 1. The predicted octanol–water partition coefficient (Wildman–Crippen LogP) is 2.05. The number of nitrogens with zero attached hydrogens (tertiary/aromatic N) is 2. The highest BCUT2D eigenvalue weighted by Crippen LogP contribution is 2.45. The quantitative estimate of drug-likeness (QED) is 0.913. The monoisotopic (exact) mass is 343 g/mol. The Morgan fingerprint density at radius 3 is 2.23 bits per heavy atom. The van der Waals surface area contributed by atoms with E-state index in [2.05, 4.69) is 29.2 Å². The number of fused-ring (bicyclic) bond motifs is 1. The van der Waals surface area contributed by atoms with Crippen LogP contribution in [0.2, 0.25) is 0 Å². The Morgan fingerprint density at radius 2 is 1.68 bits per heavy atom. The van der Waals surface area contributed by atoms with Crippen molar-refractivity contribution in [1.29, 1.82) is 0 Å². The van der Waals surface area contributed by atoms with E-state index in [0.717, 1.165) is 24.1 Å². The van der Waals surface area contributed by atoms with Gasteiger partial charge in [-0.1, -0.05) is 12.1 Å². The molecule has 1 aromatic rings. The van der Waals surface area contributed by atoms with Crippen molar-refractivity contribution in [2.75, 3.05) is 24.5 Å². The van der Waals surface area contributed by atoms with Crippen molar-refractivity contribution in [3.63, 3.8) is 0 Å². The number of halogens is 2.